The van der Waals surface area contributed by atoms with Gasteiger partial charge in [0.2, 0.25) is 0 Å². The third-order valence-electron chi connectivity index (χ3n) is 2.21. The second-order valence-electron chi connectivity index (χ2n) is 3.83. The summed E-state index contributed by atoms with van der Waals surface area (Å²) in [6, 6.07) is 0. The van der Waals surface area contributed by atoms with E-state index >= 15 is 0 Å². The van der Waals surface area contributed by atoms with Crippen LogP contribution < -0.4 is 5.32 Å². The van der Waals surface area contributed by atoms with Gasteiger partial charge < -0.3 is 10.2 Å². The van der Waals surface area contributed by atoms with Gasteiger partial charge in [0.05, 0.1) is 10.6 Å². The zero-order chi connectivity index (χ0) is 11.1. The SMILES string of the molecule is CCc1nnsc1CNCCCN(C)C. The Labute approximate surface area is 95.8 Å². The third kappa shape index (κ3) is 4.68. The Morgan fingerprint density at radius 2 is 2.20 bits per heavy atom. The number of aryl methyl sites for hydroxylation is 1. The van der Waals surface area contributed by atoms with E-state index in [0.29, 0.717) is 0 Å². The van der Waals surface area contributed by atoms with Gasteiger partial charge in [-0.15, -0.1) is 5.10 Å². The highest BCUT2D eigenvalue weighted by atomic mass is 32.1. The molecular weight excluding hydrogens is 208 g/mol. The second-order valence-corrected chi connectivity index (χ2v) is 4.67. The van der Waals surface area contributed by atoms with Crippen LogP contribution in [0.25, 0.3) is 0 Å². The van der Waals surface area contributed by atoms with E-state index in [2.05, 4.69) is 40.8 Å². The molecule has 15 heavy (non-hydrogen) atoms. The lowest BCUT2D eigenvalue weighted by molar-refractivity contribution is 0.394. The van der Waals surface area contributed by atoms with Crippen LogP contribution in [0.5, 0.6) is 0 Å². The van der Waals surface area contributed by atoms with Crippen molar-refractivity contribution in [2.45, 2.75) is 26.3 Å². The Kier molecular flexibility index (Phi) is 5.75. The largest absolute Gasteiger partial charge is 0.312 e. The van der Waals surface area contributed by atoms with Gasteiger partial charge >= 0.3 is 0 Å². The van der Waals surface area contributed by atoms with Crippen LogP contribution in [0.3, 0.4) is 0 Å². The molecule has 0 aromatic carbocycles. The minimum atomic E-state index is 0.911. The van der Waals surface area contributed by atoms with Crippen LogP contribution in [0.2, 0.25) is 0 Å². The van der Waals surface area contributed by atoms with E-state index in [1.54, 1.807) is 0 Å². The van der Waals surface area contributed by atoms with Gasteiger partial charge in [0, 0.05) is 6.54 Å². The van der Waals surface area contributed by atoms with Crippen LogP contribution in [0, 0.1) is 0 Å². The predicted molar refractivity (Wildman–Crippen MR) is 64.2 cm³/mol. The second kappa shape index (κ2) is 6.87. The first-order valence-electron chi connectivity index (χ1n) is 5.39. The molecule has 0 spiro atoms. The molecule has 0 radical (unpaired) electrons. The van der Waals surface area contributed by atoms with Crippen molar-refractivity contribution >= 4 is 11.5 Å². The van der Waals surface area contributed by atoms with Gasteiger partial charge in [-0.05, 0) is 51.6 Å². The van der Waals surface area contributed by atoms with Gasteiger partial charge in [0.25, 0.3) is 0 Å². The normalized spacial score (nSPS) is 11.2. The minimum Gasteiger partial charge on any atom is -0.312 e. The molecule has 1 rings (SSSR count). The number of hydrogen-bond donors (Lipinski definition) is 1. The van der Waals surface area contributed by atoms with Crippen molar-refractivity contribution in [3.8, 4) is 0 Å². The highest BCUT2D eigenvalue weighted by Gasteiger charge is 2.04. The molecule has 0 bridgehead atoms. The van der Waals surface area contributed by atoms with Gasteiger partial charge in [-0.2, -0.15) is 0 Å². The quantitative estimate of drug-likeness (QED) is 0.711. The Balaban J connectivity index is 2.15. The van der Waals surface area contributed by atoms with Crippen molar-refractivity contribution < 1.29 is 0 Å². The smallest absolute Gasteiger partial charge is 0.0797 e. The molecule has 0 atom stereocenters. The molecule has 0 saturated heterocycles. The molecule has 0 unspecified atom stereocenters. The van der Waals surface area contributed by atoms with Crippen LogP contribution in [0.4, 0.5) is 0 Å². The number of rotatable bonds is 7. The molecule has 0 aliphatic heterocycles. The number of nitrogens with zero attached hydrogens (tertiary/aromatic N) is 3. The monoisotopic (exact) mass is 228 g/mol. The van der Waals surface area contributed by atoms with Crippen molar-refractivity contribution in [2.24, 2.45) is 0 Å². The van der Waals surface area contributed by atoms with Crippen LogP contribution >= 0.6 is 11.5 Å². The van der Waals surface area contributed by atoms with Crippen molar-refractivity contribution in [1.82, 2.24) is 19.8 Å². The molecule has 0 aliphatic carbocycles. The van der Waals surface area contributed by atoms with Gasteiger partial charge in [-0.1, -0.05) is 11.4 Å². The lowest BCUT2D eigenvalue weighted by Gasteiger charge is -2.09. The van der Waals surface area contributed by atoms with Gasteiger partial charge in [-0.3, -0.25) is 0 Å². The fourth-order valence-electron chi connectivity index (χ4n) is 1.35. The average molecular weight is 228 g/mol. The summed E-state index contributed by atoms with van der Waals surface area (Å²) in [5, 5.41) is 7.50. The third-order valence-corrected chi connectivity index (χ3v) is 2.98. The molecule has 86 valence electrons. The standard InChI is InChI=1S/C10H20N4S/c1-4-9-10(15-13-12-9)8-11-6-5-7-14(2)3/h11H,4-8H2,1-3H3. The van der Waals surface area contributed by atoms with E-state index in [4.69, 9.17) is 0 Å². The maximum absolute atomic E-state index is 4.08. The topological polar surface area (TPSA) is 41.1 Å². The number of aromatic nitrogens is 2. The van der Waals surface area contributed by atoms with Crippen molar-refractivity contribution in [1.29, 1.82) is 0 Å². The fraction of sp³-hybridized carbons (Fsp3) is 0.800. The maximum Gasteiger partial charge on any atom is 0.0797 e. The van der Waals surface area contributed by atoms with Crippen LogP contribution in [0.15, 0.2) is 0 Å². The van der Waals surface area contributed by atoms with Crippen LogP contribution in [0.1, 0.15) is 23.9 Å². The molecular formula is C10H20N4S. The maximum atomic E-state index is 4.08. The summed E-state index contributed by atoms with van der Waals surface area (Å²) in [6.45, 7) is 5.22. The van der Waals surface area contributed by atoms with E-state index in [-0.39, 0.29) is 0 Å². The summed E-state index contributed by atoms with van der Waals surface area (Å²) in [6.07, 6.45) is 2.16. The molecule has 5 heteroatoms. The average Bonchev–Trinajstić information content (AvgIpc) is 2.64. The first kappa shape index (κ1) is 12.5. The minimum absolute atomic E-state index is 0.911. The Morgan fingerprint density at radius 3 is 2.87 bits per heavy atom. The Morgan fingerprint density at radius 1 is 1.40 bits per heavy atom. The molecule has 1 aromatic heterocycles. The van der Waals surface area contributed by atoms with Crippen LogP contribution in [-0.2, 0) is 13.0 Å². The van der Waals surface area contributed by atoms with Crippen molar-refractivity contribution in [3.05, 3.63) is 10.6 Å². The zero-order valence-corrected chi connectivity index (χ0v) is 10.6. The highest BCUT2D eigenvalue weighted by molar-refractivity contribution is 7.05. The molecule has 1 aromatic rings. The molecule has 0 saturated carbocycles. The molecule has 1 heterocycles. The first-order valence-corrected chi connectivity index (χ1v) is 6.17. The van der Waals surface area contributed by atoms with Crippen molar-refractivity contribution in [2.75, 3.05) is 27.2 Å². The zero-order valence-electron chi connectivity index (χ0n) is 9.79. The molecule has 0 fully saturated rings. The molecule has 0 amide bonds. The summed E-state index contributed by atoms with van der Waals surface area (Å²) in [5.74, 6) is 0. The van der Waals surface area contributed by atoms with Crippen LogP contribution in [-0.4, -0.2) is 41.7 Å². The lowest BCUT2D eigenvalue weighted by Crippen LogP contribution is -2.21. The molecule has 1 N–H and O–H groups in total. The fourth-order valence-corrected chi connectivity index (χ4v) is 2.05. The summed E-state index contributed by atoms with van der Waals surface area (Å²) in [5.41, 5.74) is 1.14. The summed E-state index contributed by atoms with van der Waals surface area (Å²) < 4.78 is 3.96. The summed E-state index contributed by atoms with van der Waals surface area (Å²) in [4.78, 5) is 3.48. The van der Waals surface area contributed by atoms with E-state index in [1.165, 1.54) is 22.8 Å². The molecule has 4 nitrogen and oxygen atoms in total. The predicted octanol–water partition coefficient (Wildman–Crippen LogP) is 1.14. The molecule has 0 aliphatic rings. The van der Waals surface area contributed by atoms with E-state index < -0.39 is 0 Å². The first-order chi connectivity index (χ1) is 7.24. The van der Waals surface area contributed by atoms with E-state index in [1.807, 2.05) is 0 Å². The number of hydrogen-bond acceptors (Lipinski definition) is 5. The van der Waals surface area contributed by atoms with Gasteiger partial charge in [-0.25, -0.2) is 0 Å². The van der Waals surface area contributed by atoms with Gasteiger partial charge in [0.1, 0.15) is 0 Å². The van der Waals surface area contributed by atoms with E-state index in [9.17, 15) is 0 Å². The van der Waals surface area contributed by atoms with Crippen molar-refractivity contribution in [3.63, 3.8) is 0 Å². The van der Waals surface area contributed by atoms with Gasteiger partial charge in [0.15, 0.2) is 0 Å². The Hall–Kier alpha value is -0.520. The van der Waals surface area contributed by atoms with E-state index in [0.717, 1.165) is 31.7 Å². The summed E-state index contributed by atoms with van der Waals surface area (Å²) >= 11 is 1.50. The Bertz CT molecular complexity index is 272. The number of nitrogens with one attached hydrogen (secondary N) is 1. The summed E-state index contributed by atoms with van der Waals surface area (Å²) in [7, 11) is 4.20. The lowest BCUT2D eigenvalue weighted by atomic mass is 10.3. The highest BCUT2D eigenvalue weighted by Crippen LogP contribution is 2.10.